The fourth-order valence-corrected chi connectivity index (χ4v) is 2.32. The summed E-state index contributed by atoms with van der Waals surface area (Å²) >= 11 is 0. The van der Waals surface area contributed by atoms with Gasteiger partial charge in [0.05, 0.1) is 5.92 Å². The lowest BCUT2D eigenvalue weighted by Crippen LogP contribution is -2.43. The van der Waals surface area contributed by atoms with E-state index in [0.717, 1.165) is 0 Å². The summed E-state index contributed by atoms with van der Waals surface area (Å²) in [7, 11) is 0. The maximum Gasteiger partial charge on any atom is 0.257 e. The van der Waals surface area contributed by atoms with Crippen molar-refractivity contribution in [1.29, 1.82) is 0 Å². The average Bonchev–Trinajstić information content (AvgIpc) is 2.29. The van der Waals surface area contributed by atoms with Crippen LogP contribution >= 0.6 is 12.4 Å². The SMILES string of the molecule is CC(C)n1cc(C2CNCCC2(F)F)ccc1=O.Cl. The molecule has 3 nitrogen and oxygen atoms in total. The van der Waals surface area contributed by atoms with Gasteiger partial charge < -0.3 is 9.88 Å². The Bertz CT molecular complexity index is 488. The number of hydrogen-bond donors (Lipinski definition) is 1. The van der Waals surface area contributed by atoms with Crippen LogP contribution in [0.15, 0.2) is 23.1 Å². The third kappa shape index (κ3) is 3.34. The van der Waals surface area contributed by atoms with Crippen LogP contribution in [0, 0.1) is 0 Å². The first-order valence-electron chi connectivity index (χ1n) is 6.22. The van der Waals surface area contributed by atoms with Gasteiger partial charge in [-0.2, -0.15) is 0 Å². The summed E-state index contributed by atoms with van der Waals surface area (Å²) in [6.07, 6.45) is 1.41. The van der Waals surface area contributed by atoms with Gasteiger partial charge in [0.25, 0.3) is 11.5 Å². The Labute approximate surface area is 117 Å². The largest absolute Gasteiger partial charge is 0.316 e. The van der Waals surface area contributed by atoms with E-state index in [1.165, 1.54) is 16.7 Å². The van der Waals surface area contributed by atoms with E-state index in [-0.39, 0.29) is 37.0 Å². The number of halogens is 3. The van der Waals surface area contributed by atoms with Crippen molar-refractivity contribution in [2.24, 2.45) is 0 Å². The molecule has 2 rings (SSSR count). The van der Waals surface area contributed by atoms with Gasteiger partial charge in [-0.25, -0.2) is 8.78 Å². The molecule has 0 aliphatic carbocycles. The molecule has 0 spiro atoms. The summed E-state index contributed by atoms with van der Waals surface area (Å²) in [6, 6.07) is 2.87. The molecular formula is C13H19ClF2N2O. The number of nitrogens with one attached hydrogen (secondary N) is 1. The van der Waals surface area contributed by atoms with Crippen molar-refractivity contribution >= 4 is 12.4 Å². The van der Waals surface area contributed by atoms with Crippen LogP contribution in [0.2, 0.25) is 0 Å². The Morgan fingerprint density at radius 1 is 1.42 bits per heavy atom. The van der Waals surface area contributed by atoms with Crippen molar-refractivity contribution in [1.82, 2.24) is 9.88 Å². The fraction of sp³-hybridized carbons (Fsp3) is 0.615. The smallest absolute Gasteiger partial charge is 0.257 e. The maximum atomic E-state index is 13.9. The van der Waals surface area contributed by atoms with Crippen LogP contribution in [-0.4, -0.2) is 23.6 Å². The Kier molecular flexibility index (Phi) is 5.10. The summed E-state index contributed by atoms with van der Waals surface area (Å²) in [5, 5.41) is 2.98. The molecule has 1 aromatic heterocycles. The number of pyridine rings is 1. The molecule has 1 saturated heterocycles. The van der Waals surface area contributed by atoms with E-state index in [0.29, 0.717) is 12.1 Å². The molecular weight excluding hydrogens is 274 g/mol. The van der Waals surface area contributed by atoms with Gasteiger partial charge in [-0.1, -0.05) is 6.07 Å². The highest BCUT2D eigenvalue weighted by atomic mass is 35.5. The van der Waals surface area contributed by atoms with E-state index in [2.05, 4.69) is 5.32 Å². The third-order valence-corrected chi connectivity index (χ3v) is 3.41. The molecule has 1 fully saturated rings. The highest BCUT2D eigenvalue weighted by molar-refractivity contribution is 5.85. The zero-order valence-corrected chi connectivity index (χ0v) is 11.8. The van der Waals surface area contributed by atoms with Crippen molar-refractivity contribution in [2.45, 2.75) is 38.2 Å². The average molecular weight is 293 g/mol. The molecule has 1 aliphatic heterocycles. The second kappa shape index (κ2) is 6.01. The first-order valence-corrected chi connectivity index (χ1v) is 6.22. The van der Waals surface area contributed by atoms with Gasteiger partial charge in [0, 0.05) is 37.8 Å². The van der Waals surface area contributed by atoms with Crippen molar-refractivity contribution in [3.05, 3.63) is 34.2 Å². The van der Waals surface area contributed by atoms with Gasteiger partial charge in [-0.05, 0) is 19.4 Å². The van der Waals surface area contributed by atoms with Crippen LogP contribution in [0.3, 0.4) is 0 Å². The molecule has 6 heteroatoms. The zero-order chi connectivity index (χ0) is 13.3. The van der Waals surface area contributed by atoms with E-state index in [4.69, 9.17) is 0 Å². The lowest BCUT2D eigenvalue weighted by atomic mass is 9.89. The summed E-state index contributed by atoms with van der Waals surface area (Å²) in [4.78, 5) is 11.6. The predicted octanol–water partition coefficient (Wildman–Crippen LogP) is 2.56. The molecule has 1 unspecified atom stereocenters. The lowest BCUT2D eigenvalue weighted by Gasteiger charge is -2.32. The highest BCUT2D eigenvalue weighted by Gasteiger charge is 2.42. The van der Waals surface area contributed by atoms with E-state index in [1.54, 1.807) is 6.20 Å². The van der Waals surface area contributed by atoms with Gasteiger partial charge in [0.15, 0.2) is 0 Å². The van der Waals surface area contributed by atoms with E-state index < -0.39 is 11.8 Å². The third-order valence-electron chi connectivity index (χ3n) is 3.41. The van der Waals surface area contributed by atoms with Crippen molar-refractivity contribution < 1.29 is 8.78 Å². The van der Waals surface area contributed by atoms with Crippen molar-refractivity contribution in [3.8, 4) is 0 Å². The minimum Gasteiger partial charge on any atom is -0.316 e. The molecule has 19 heavy (non-hydrogen) atoms. The van der Waals surface area contributed by atoms with Crippen LogP contribution in [0.5, 0.6) is 0 Å². The lowest BCUT2D eigenvalue weighted by molar-refractivity contribution is -0.0481. The first kappa shape index (κ1) is 16.1. The summed E-state index contributed by atoms with van der Waals surface area (Å²) in [5.41, 5.74) is 0.376. The number of hydrogen-bond acceptors (Lipinski definition) is 2. The van der Waals surface area contributed by atoms with E-state index in [9.17, 15) is 13.6 Å². The quantitative estimate of drug-likeness (QED) is 0.909. The summed E-state index contributed by atoms with van der Waals surface area (Å²) < 4.78 is 29.2. The molecule has 1 aliphatic rings. The minimum absolute atomic E-state index is 0. The van der Waals surface area contributed by atoms with Crippen molar-refractivity contribution in [3.63, 3.8) is 0 Å². The highest BCUT2D eigenvalue weighted by Crippen LogP contribution is 2.37. The first-order chi connectivity index (χ1) is 8.42. The molecule has 0 bridgehead atoms. The normalized spacial score (nSPS) is 22.1. The molecule has 0 saturated carbocycles. The molecule has 0 aromatic carbocycles. The van der Waals surface area contributed by atoms with Crippen LogP contribution in [0.1, 0.15) is 37.8 Å². The van der Waals surface area contributed by atoms with Crippen LogP contribution in [0.25, 0.3) is 0 Å². The number of aromatic nitrogens is 1. The van der Waals surface area contributed by atoms with Gasteiger partial charge in [0.1, 0.15) is 0 Å². The number of nitrogens with zero attached hydrogens (tertiary/aromatic N) is 1. The number of rotatable bonds is 2. The standard InChI is InChI=1S/C13H18F2N2O.ClH/c1-9(2)17-8-10(3-4-12(17)18)11-7-16-6-5-13(11,14)15;/h3-4,8-9,11,16H,5-7H2,1-2H3;1H. The van der Waals surface area contributed by atoms with Crippen LogP contribution < -0.4 is 10.9 Å². The number of piperidine rings is 1. The Balaban J connectivity index is 0.00000180. The van der Waals surface area contributed by atoms with Crippen LogP contribution in [0.4, 0.5) is 8.78 Å². The molecule has 2 heterocycles. The second-order valence-corrected chi connectivity index (χ2v) is 5.07. The molecule has 0 radical (unpaired) electrons. The number of alkyl halides is 2. The molecule has 0 amide bonds. The second-order valence-electron chi connectivity index (χ2n) is 5.07. The monoisotopic (exact) mass is 292 g/mol. The summed E-state index contributed by atoms with van der Waals surface area (Å²) in [6.45, 7) is 4.32. The van der Waals surface area contributed by atoms with Crippen LogP contribution in [-0.2, 0) is 0 Å². The Morgan fingerprint density at radius 2 is 2.11 bits per heavy atom. The van der Waals surface area contributed by atoms with E-state index >= 15 is 0 Å². The fourth-order valence-electron chi connectivity index (χ4n) is 2.32. The van der Waals surface area contributed by atoms with Crippen molar-refractivity contribution in [2.75, 3.05) is 13.1 Å². The van der Waals surface area contributed by atoms with Gasteiger partial charge >= 0.3 is 0 Å². The Hall–Kier alpha value is -0.940. The predicted molar refractivity (Wildman–Crippen MR) is 73.5 cm³/mol. The molecule has 1 atom stereocenters. The topological polar surface area (TPSA) is 34.0 Å². The molecule has 1 N–H and O–H groups in total. The van der Waals surface area contributed by atoms with E-state index in [1.807, 2.05) is 13.8 Å². The Morgan fingerprint density at radius 3 is 2.68 bits per heavy atom. The zero-order valence-electron chi connectivity index (χ0n) is 11.0. The maximum absolute atomic E-state index is 13.9. The molecule has 1 aromatic rings. The van der Waals surface area contributed by atoms with Gasteiger partial charge in [-0.15, -0.1) is 12.4 Å². The summed E-state index contributed by atoms with van der Waals surface area (Å²) in [5.74, 6) is -3.55. The minimum atomic E-state index is -2.70. The molecule has 108 valence electrons. The van der Waals surface area contributed by atoms with Gasteiger partial charge in [-0.3, -0.25) is 4.79 Å². The van der Waals surface area contributed by atoms with Gasteiger partial charge in [0.2, 0.25) is 0 Å².